The van der Waals surface area contributed by atoms with Gasteiger partial charge in [0.05, 0.1) is 6.10 Å². The van der Waals surface area contributed by atoms with Gasteiger partial charge in [-0.15, -0.1) is 0 Å². The Labute approximate surface area is 129 Å². The van der Waals surface area contributed by atoms with Gasteiger partial charge >= 0.3 is 0 Å². The molecule has 0 amide bonds. The molecule has 2 atom stereocenters. The summed E-state index contributed by atoms with van der Waals surface area (Å²) in [5, 5.41) is 0. The topological polar surface area (TPSA) is 38.5 Å². The Hall–Kier alpha value is -0.900. The Morgan fingerprint density at radius 2 is 2.14 bits per heavy atom. The highest BCUT2D eigenvalue weighted by atomic mass is 16.5. The highest BCUT2D eigenvalue weighted by molar-refractivity contribution is 5.14. The van der Waals surface area contributed by atoms with Gasteiger partial charge in [-0.25, -0.2) is 0 Å². The van der Waals surface area contributed by atoms with E-state index in [9.17, 15) is 0 Å². The maximum Gasteiger partial charge on any atom is 0.0702 e. The van der Waals surface area contributed by atoms with Gasteiger partial charge in [0, 0.05) is 25.7 Å². The molecule has 1 aromatic rings. The lowest BCUT2D eigenvalue weighted by Crippen LogP contribution is -2.45. The molecule has 1 heterocycles. The van der Waals surface area contributed by atoms with Crippen molar-refractivity contribution in [1.82, 2.24) is 4.90 Å². The van der Waals surface area contributed by atoms with Crippen LogP contribution in [-0.4, -0.2) is 43.3 Å². The second-order valence-electron chi connectivity index (χ2n) is 6.18. The maximum absolute atomic E-state index is 6.32. The molecule has 21 heavy (non-hydrogen) atoms. The molecule has 1 saturated heterocycles. The zero-order valence-electron chi connectivity index (χ0n) is 13.3. The summed E-state index contributed by atoms with van der Waals surface area (Å²) in [6.45, 7) is 6.28. The molecule has 0 saturated carbocycles. The summed E-state index contributed by atoms with van der Waals surface area (Å²) in [5.41, 5.74) is 7.70. The monoisotopic (exact) mass is 290 g/mol. The normalized spacial score (nSPS) is 21.3. The van der Waals surface area contributed by atoms with Crippen LogP contribution in [0.4, 0.5) is 0 Å². The molecule has 2 rings (SSSR count). The lowest BCUT2D eigenvalue weighted by atomic mass is 10.0. The van der Waals surface area contributed by atoms with Crippen LogP contribution in [-0.2, 0) is 11.2 Å². The first-order valence-corrected chi connectivity index (χ1v) is 8.41. The van der Waals surface area contributed by atoms with Crippen molar-refractivity contribution in [2.45, 2.75) is 51.2 Å². The number of rotatable bonds is 8. The van der Waals surface area contributed by atoms with E-state index in [1.807, 2.05) is 0 Å². The van der Waals surface area contributed by atoms with Gasteiger partial charge in [-0.1, -0.05) is 37.3 Å². The summed E-state index contributed by atoms with van der Waals surface area (Å²) in [6.07, 6.45) is 6.09. The molecule has 0 bridgehead atoms. The first-order valence-electron chi connectivity index (χ1n) is 8.41. The second kappa shape index (κ2) is 9.19. The van der Waals surface area contributed by atoms with E-state index < -0.39 is 0 Å². The van der Waals surface area contributed by atoms with Crippen LogP contribution >= 0.6 is 0 Å². The van der Waals surface area contributed by atoms with Crippen molar-refractivity contribution in [2.75, 3.05) is 26.2 Å². The molecule has 0 radical (unpaired) electrons. The van der Waals surface area contributed by atoms with Gasteiger partial charge in [0.25, 0.3) is 0 Å². The number of aryl methyl sites for hydroxylation is 1. The first kappa shape index (κ1) is 16.5. The third kappa shape index (κ3) is 6.16. The average molecular weight is 290 g/mol. The molecule has 0 spiro atoms. The predicted molar refractivity (Wildman–Crippen MR) is 88.4 cm³/mol. The Bertz CT molecular complexity index is 382. The molecule has 118 valence electrons. The summed E-state index contributed by atoms with van der Waals surface area (Å²) in [4.78, 5) is 2.49. The van der Waals surface area contributed by atoms with Gasteiger partial charge in [0.1, 0.15) is 0 Å². The fraction of sp³-hybridized carbons (Fsp3) is 0.667. The third-order valence-corrected chi connectivity index (χ3v) is 4.16. The smallest absolute Gasteiger partial charge is 0.0702 e. The van der Waals surface area contributed by atoms with E-state index in [0.29, 0.717) is 6.10 Å². The van der Waals surface area contributed by atoms with Crippen molar-refractivity contribution in [3.63, 3.8) is 0 Å². The van der Waals surface area contributed by atoms with E-state index in [4.69, 9.17) is 10.5 Å². The highest BCUT2D eigenvalue weighted by Gasteiger charge is 2.21. The van der Waals surface area contributed by atoms with Gasteiger partial charge in [-0.05, 0) is 44.2 Å². The number of nitrogens with two attached hydrogens (primary N) is 1. The van der Waals surface area contributed by atoms with Gasteiger partial charge < -0.3 is 10.5 Å². The predicted octanol–water partition coefficient (Wildman–Crippen LogP) is 2.84. The molecule has 3 heteroatoms. The van der Waals surface area contributed by atoms with Crippen LogP contribution in [0.2, 0.25) is 0 Å². The molecule has 2 N–H and O–H groups in total. The summed E-state index contributed by atoms with van der Waals surface area (Å²) in [5.74, 6) is 0. The number of likely N-dealkylation sites (tertiary alicyclic amines) is 1. The molecule has 0 aliphatic carbocycles. The Balaban J connectivity index is 1.68. The SMILES string of the molecule is CCCOC1CCCN(CC(N)CCc2ccccc2)C1. The number of piperidine rings is 1. The summed E-state index contributed by atoms with van der Waals surface area (Å²) in [6, 6.07) is 10.9. The standard InChI is InChI=1S/C18H30N2O/c1-2-13-21-18-9-6-12-20(15-18)14-17(19)11-10-16-7-4-3-5-8-16/h3-5,7-8,17-18H,2,6,9-15,19H2,1H3. The molecule has 1 aliphatic heterocycles. The molecule has 1 fully saturated rings. The minimum Gasteiger partial charge on any atom is -0.377 e. The number of hydrogen-bond acceptors (Lipinski definition) is 3. The van der Waals surface area contributed by atoms with Crippen LogP contribution < -0.4 is 5.73 Å². The van der Waals surface area contributed by atoms with Crippen LogP contribution in [0.25, 0.3) is 0 Å². The Kier molecular flexibility index (Phi) is 7.20. The van der Waals surface area contributed by atoms with Crippen LogP contribution in [0, 0.1) is 0 Å². The van der Waals surface area contributed by atoms with E-state index >= 15 is 0 Å². The lowest BCUT2D eigenvalue weighted by Gasteiger charge is -2.34. The molecule has 1 aromatic carbocycles. The number of hydrogen-bond donors (Lipinski definition) is 1. The average Bonchev–Trinajstić information content (AvgIpc) is 2.52. The summed E-state index contributed by atoms with van der Waals surface area (Å²) >= 11 is 0. The van der Waals surface area contributed by atoms with E-state index in [0.717, 1.165) is 39.0 Å². The van der Waals surface area contributed by atoms with Crippen molar-refractivity contribution < 1.29 is 4.74 Å². The number of ether oxygens (including phenoxy) is 1. The Morgan fingerprint density at radius 1 is 1.33 bits per heavy atom. The number of nitrogens with zero attached hydrogens (tertiary/aromatic N) is 1. The minimum absolute atomic E-state index is 0.259. The Morgan fingerprint density at radius 3 is 2.90 bits per heavy atom. The molecular weight excluding hydrogens is 260 g/mol. The highest BCUT2D eigenvalue weighted by Crippen LogP contribution is 2.14. The van der Waals surface area contributed by atoms with Crippen LogP contribution in [0.5, 0.6) is 0 Å². The minimum atomic E-state index is 0.259. The molecule has 0 aromatic heterocycles. The van der Waals surface area contributed by atoms with Crippen molar-refractivity contribution >= 4 is 0 Å². The van der Waals surface area contributed by atoms with Crippen molar-refractivity contribution in [2.24, 2.45) is 5.73 Å². The van der Waals surface area contributed by atoms with E-state index in [1.165, 1.54) is 24.9 Å². The van der Waals surface area contributed by atoms with Crippen molar-refractivity contribution in [1.29, 1.82) is 0 Å². The fourth-order valence-corrected chi connectivity index (χ4v) is 3.02. The van der Waals surface area contributed by atoms with E-state index in [1.54, 1.807) is 0 Å². The van der Waals surface area contributed by atoms with Crippen LogP contribution in [0.3, 0.4) is 0 Å². The van der Waals surface area contributed by atoms with Gasteiger partial charge in [0.15, 0.2) is 0 Å². The van der Waals surface area contributed by atoms with Gasteiger partial charge in [-0.3, -0.25) is 4.90 Å². The first-order chi connectivity index (χ1) is 10.3. The number of benzene rings is 1. The maximum atomic E-state index is 6.32. The molecular formula is C18H30N2O. The van der Waals surface area contributed by atoms with Gasteiger partial charge in [0.2, 0.25) is 0 Å². The lowest BCUT2D eigenvalue weighted by molar-refractivity contribution is -0.00148. The van der Waals surface area contributed by atoms with E-state index in [-0.39, 0.29) is 6.04 Å². The largest absolute Gasteiger partial charge is 0.377 e. The zero-order valence-corrected chi connectivity index (χ0v) is 13.3. The molecule has 1 aliphatic rings. The quantitative estimate of drug-likeness (QED) is 0.800. The van der Waals surface area contributed by atoms with Gasteiger partial charge in [-0.2, -0.15) is 0 Å². The van der Waals surface area contributed by atoms with E-state index in [2.05, 4.69) is 42.2 Å². The van der Waals surface area contributed by atoms with Crippen LogP contribution in [0.15, 0.2) is 30.3 Å². The zero-order chi connectivity index (χ0) is 14.9. The fourth-order valence-electron chi connectivity index (χ4n) is 3.02. The summed E-state index contributed by atoms with van der Waals surface area (Å²) < 4.78 is 5.89. The third-order valence-electron chi connectivity index (χ3n) is 4.16. The second-order valence-corrected chi connectivity index (χ2v) is 6.18. The van der Waals surface area contributed by atoms with Crippen molar-refractivity contribution in [3.8, 4) is 0 Å². The van der Waals surface area contributed by atoms with Crippen LogP contribution in [0.1, 0.15) is 38.2 Å². The molecule has 3 nitrogen and oxygen atoms in total. The summed E-state index contributed by atoms with van der Waals surface area (Å²) in [7, 11) is 0. The van der Waals surface area contributed by atoms with Crippen molar-refractivity contribution in [3.05, 3.63) is 35.9 Å². The molecule has 2 unspecified atom stereocenters.